The molecule has 0 aliphatic heterocycles. The normalized spacial score (nSPS) is 11.5. The standard InChI is InChI=1S/C17H20N2OS/c1-3-20-16-12-8-7-11-15(16)19-17(21)18-13(2)14-9-5-4-6-10-14/h4-13H,3H2,1-2H3,(H2,18,19,21)/t13-/m1/s1. The maximum absolute atomic E-state index is 5.58. The molecule has 0 saturated heterocycles. The lowest BCUT2D eigenvalue weighted by molar-refractivity contribution is 0.342. The molecule has 2 N–H and O–H groups in total. The van der Waals surface area contributed by atoms with Crippen LogP contribution in [-0.4, -0.2) is 11.7 Å². The highest BCUT2D eigenvalue weighted by atomic mass is 32.1. The fraction of sp³-hybridized carbons (Fsp3) is 0.235. The molecule has 0 heterocycles. The van der Waals surface area contributed by atoms with Gasteiger partial charge in [0.1, 0.15) is 5.75 Å². The van der Waals surface area contributed by atoms with Crippen LogP contribution in [0, 0.1) is 0 Å². The van der Waals surface area contributed by atoms with Gasteiger partial charge in [-0.25, -0.2) is 0 Å². The van der Waals surface area contributed by atoms with Crippen LogP contribution in [0.3, 0.4) is 0 Å². The monoisotopic (exact) mass is 300 g/mol. The molecule has 0 unspecified atom stereocenters. The molecule has 0 bridgehead atoms. The second-order valence-corrected chi connectivity index (χ2v) is 5.07. The molecular formula is C17H20N2OS. The van der Waals surface area contributed by atoms with Gasteiger partial charge >= 0.3 is 0 Å². The van der Waals surface area contributed by atoms with Crippen molar-refractivity contribution in [1.82, 2.24) is 5.32 Å². The van der Waals surface area contributed by atoms with Gasteiger partial charge in [-0.1, -0.05) is 42.5 Å². The number of benzene rings is 2. The molecule has 3 nitrogen and oxygen atoms in total. The molecule has 0 aliphatic rings. The highest BCUT2D eigenvalue weighted by Crippen LogP contribution is 2.23. The van der Waals surface area contributed by atoms with Crippen molar-refractivity contribution in [3.8, 4) is 5.75 Å². The fourth-order valence-corrected chi connectivity index (χ4v) is 2.32. The number of thiocarbonyl (C=S) groups is 1. The van der Waals surface area contributed by atoms with Crippen molar-refractivity contribution >= 4 is 23.0 Å². The number of hydrogen-bond donors (Lipinski definition) is 2. The van der Waals surface area contributed by atoms with Gasteiger partial charge in [-0.15, -0.1) is 0 Å². The van der Waals surface area contributed by atoms with Gasteiger partial charge in [0.2, 0.25) is 0 Å². The Balaban J connectivity index is 1.99. The molecule has 0 spiro atoms. The zero-order chi connectivity index (χ0) is 15.1. The molecule has 0 fully saturated rings. The smallest absolute Gasteiger partial charge is 0.171 e. The van der Waals surface area contributed by atoms with E-state index < -0.39 is 0 Å². The molecule has 0 aromatic heterocycles. The minimum Gasteiger partial charge on any atom is -0.492 e. The molecule has 2 rings (SSSR count). The van der Waals surface area contributed by atoms with E-state index in [0.717, 1.165) is 11.4 Å². The summed E-state index contributed by atoms with van der Waals surface area (Å²) in [4.78, 5) is 0. The van der Waals surface area contributed by atoms with Crippen LogP contribution in [0.25, 0.3) is 0 Å². The first-order chi connectivity index (χ1) is 10.2. The zero-order valence-corrected chi connectivity index (χ0v) is 13.1. The Hall–Kier alpha value is -2.07. The van der Waals surface area contributed by atoms with E-state index in [0.29, 0.717) is 11.7 Å². The lowest BCUT2D eigenvalue weighted by Gasteiger charge is -2.18. The van der Waals surface area contributed by atoms with Crippen molar-refractivity contribution in [1.29, 1.82) is 0 Å². The van der Waals surface area contributed by atoms with Crippen molar-refractivity contribution in [3.63, 3.8) is 0 Å². The van der Waals surface area contributed by atoms with Gasteiger partial charge in [0.25, 0.3) is 0 Å². The molecule has 4 heteroatoms. The Kier molecular flexibility index (Phi) is 5.58. The average Bonchev–Trinajstić information content (AvgIpc) is 2.50. The number of ether oxygens (including phenoxy) is 1. The van der Waals surface area contributed by atoms with Crippen LogP contribution >= 0.6 is 12.2 Å². The predicted octanol–water partition coefficient (Wildman–Crippen LogP) is 4.13. The Morgan fingerprint density at radius 2 is 1.76 bits per heavy atom. The van der Waals surface area contributed by atoms with Gasteiger partial charge in [-0.3, -0.25) is 0 Å². The SMILES string of the molecule is CCOc1ccccc1NC(=S)N[C@H](C)c1ccccc1. The highest BCUT2D eigenvalue weighted by molar-refractivity contribution is 7.80. The van der Waals surface area contributed by atoms with Crippen molar-refractivity contribution in [2.24, 2.45) is 0 Å². The van der Waals surface area contributed by atoms with Gasteiger partial charge < -0.3 is 15.4 Å². The van der Waals surface area contributed by atoms with Crippen LogP contribution in [0.2, 0.25) is 0 Å². The molecule has 0 saturated carbocycles. The minimum absolute atomic E-state index is 0.144. The summed E-state index contributed by atoms with van der Waals surface area (Å²) in [7, 11) is 0. The van der Waals surface area contributed by atoms with Gasteiger partial charge in [0, 0.05) is 0 Å². The largest absolute Gasteiger partial charge is 0.492 e. The first-order valence-corrected chi connectivity index (χ1v) is 7.46. The first kappa shape index (κ1) is 15.3. The number of nitrogens with one attached hydrogen (secondary N) is 2. The fourth-order valence-electron chi connectivity index (χ4n) is 2.03. The third kappa shape index (κ3) is 4.46. The summed E-state index contributed by atoms with van der Waals surface area (Å²) in [5, 5.41) is 7.05. The van der Waals surface area contributed by atoms with E-state index in [1.54, 1.807) is 0 Å². The van der Waals surface area contributed by atoms with Crippen molar-refractivity contribution in [2.45, 2.75) is 19.9 Å². The number of anilines is 1. The Labute approximate surface area is 131 Å². The summed E-state index contributed by atoms with van der Waals surface area (Å²) in [6.07, 6.45) is 0. The van der Waals surface area contributed by atoms with Crippen molar-refractivity contribution < 1.29 is 4.74 Å². The van der Waals surface area contributed by atoms with Gasteiger partial charge in [0.15, 0.2) is 5.11 Å². The molecule has 0 amide bonds. The van der Waals surface area contributed by atoms with Crippen LogP contribution in [0.1, 0.15) is 25.5 Å². The zero-order valence-electron chi connectivity index (χ0n) is 12.3. The van der Waals surface area contributed by atoms with E-state index >= 15 is 0 Å². The highest BCUT2D eigenvalue weighted by Gasteiger charge is 2.08. The Morgan fingerprint density at radius 1 is 1.10 bits per heavy atom. The summed E-state index contributed by atoms with van der Waals surface area (Å²) in [5.41, 5.74) is 2.07. The topological polar surface area (TPSA) is 33.3 Å². The van der Waals surface area contributed by atoms with Crippen molar-refractivity contribution in [2.75, 3.05) is 11.9 Å². The lowest BCUT2D eigenvalue weighted by Crippen LogP contribution is -2.31. The molecule has 2 aromatic carbocycles. The van der Waals surface area contributed by atoms with Crippen LogP contribution in [0.4, 0.5) is 5.69 Å². The minimum atomic E-state index is 0.144. The van der Waals surface area contributed by atoms with Gasteiger partial charge in [0.05, 0.1) is 18.3 Å². The van der Waals surface area contributed by atoms with E-state index in [-0.39, 0.29) is 6.04 Å². The molecule has 1 atom stereocenters. The lowest BCUT2D eigenvalue weighted by atomic mass is 10.1. The first-order valence-electron chi connectivity index (χ1n) is 7.05. The quantitative estimate of drug-likeness (QED) is 0.813. The van der Waals surface area contributed by atoms with Crippen LogP contribution in [0.15, 0.2) is 54.6 Å². The number of hydrogen-bond acceptors (Lipinski definition) is 2. The number of para-hydroxylation sites is 2. The number of rotatable bonds is 5. The molecule has 21 heavy (non-hydrogen) atoms. The summed E-state index contributed by atoms with van der Waals surface area (Å²) >= 11 is 5.38. The third-order valence-corrected chi connectivity index (χ3v) is 3.30. The van der Waals surface area contributed by atoms with Crippen molar-refractivity contribution in [3.05, 3.63) is 60.2 Å². The molecule has 110 valence electrons. The van der Waals surface area contributed by atoms with Crippen LogP contribution < -0.4 is 15.4 Å². The van der Waals surface area contributed by atoms with Gasteiger partial charge in [-0.05, 0) is 43.8 Å². The molecule has 0 aliphatic carbocycles. The summed E-state index contributed by atoms with van der Waals surface area (Å²) in [5.74, 6) is 0.802. The second-order valence-electron chi connectivity index (χ2n) is 4.66. The summed E-state index contributed by atoms with van der Waals surface area (Å²) in [6, 6.07) is 18.1. The molecule has 0 radical (unpaired) electrons. The average molecular weight is 300 g/mol. The van der Waals surface area contributed by atoms with E-state index in [2.05, 4.69) is 29.7 Å². The predicted molar refractivity (Wildman–Crippen MR) is 91.8 cm³/mol. The van der Waals surface area contributed by atoms with E-state index in [9.17, 15) is 0 Å². The Morgan fingerprint density at radius 3 is 2.48 bits per heavy atom. The summed E-state index contributed by atoms with van der Waals surface area (Å²) in [6.45, 7) is 4.67. The molecule has 2 aromatic rings. The molecular weight excluding hydrogens is 280 g/mol. The van der Waals surface area contributed by atoms with E-state index in [1.165, 1.54) is 5.56 Å². The third-order valence-electron chi connectivity index (χ3n) is 3.08. The summed E-state index contributed by atoms with van der Waals surface area (Å²) < 4.78 is 5.58. The van der Waals surface area contributed by atoms with Crippen LogP contribution in [0.5, 0.6) is 5.75 Å². The maximum atomic E-state index is 5.58. The maximum Gasteiger partial charge on any atom is 0.171 e. The van der Waals surface area contributed by atoms with E-state index in [4.69, 9.17) is 17.0 Å². The Bertz CT molecular complexity index is 586. The van der Waals surface area contributed by atoms with E-state index in [1.807, 2.05) is 49.4 Å². The van der Waals surface area contributed by atoms with Crippen LogP contribution in [-0.2, 0) is 0 Å². The second kappa shape index (κ2) is 7.64. The van der Waals surface area contributed by atoms with Gasteiger partial charge in [-0.2, -0.15) is 0 Å².